The van der Waals surface area contributed by atoms with Gasteiger partial charge in [0, 0.05) is 6.07 Å². The molecule has 1 aromatic rings. The molecule has 2 rings (SSSR count). The molecule has 0 spiro atoms. The molecule has 0 unspecified atom stereocenters. The van der Waals surface area contributed by atoms with Crippen molar-refractivity contribution in [1.29, 1.82) is 0 Å². The van der Waals surface area contributed by atoms with Crippen molar-refractivity contribution in [2.75, 3.05) is 0 Å². The third-order valence-electron chi connectivity index (χ3n) is 3.37. The van der Waals surface area contributed by atoms with Crippen molar-refractivity contribution in [1.82, 2.24) is 5.32 Å². The molecule has 0 saturated heterocycles. The zero-order valence-electron chi connectivity index (χ0n) is 10.7. The molecule has 1 aliphatic rings. The van der Waals surface area contributed by atoms with Gasteiger partial charge < -0.3 is 14.8 Å². The molecule has 1 saturated carbocycles. The Morgan fingerprint density at radius 1 is 1.45 bits per heavy atom. The quantitative estimate of drug-likeness (QED) is 0.713. The fraction of sp³-hybridized carbons (Fsp3) is 0.455. The molecular formula is C11H14N2O6S. The third kappa shape index (κ3) is 2.41. The van der Waals surface area contributed by atoms with Crippen molar-refractivity contribution < 1.29 is 27.5 Å². The monoisotopic (exact) mass is 302 g/mol. The molecule has 0 aliphatic heterocycles. The van der Waals surface area contributed by atoms with Crippen molar-refractivity contribution in [3.63, 3.8) is 0 Å². The lowest BCUT2D eigenvalue weighted by Crippen LogP contribution is -2.59. The molecule has 9 heteroatoms. The first-order valence-electron chi connectivity index (χ1n) is 5.85. The number of aryl methyl sites for hydroxylation is 1. The summed E-state index contributed by atoms with van der Waals surface area (Å²) in [6.45, 7) is 1.35. The summed E-state index contributed by atoms with van der Waals surface area (Å²) < 4.78 is 27.5. The summed E-state index contributed by atoms with van der Waals surface area (Å²) in [6.07, 6.45) is 1.36. The van der Waals surface area contributed by atoms with Gasteiger partial charge in [-0.2, -0.15) is 0 Å². The lowest BCUT2D eigenvalue weighted by atomic mass is 9.76. The van der Waals surface area contributed by atoms with Gasteiger partial charge in [-0.25, -0.2) is 18.4 Å². The lowest BCUT2D eigenvalue weighted by molar-refractivity contribution is -0.148. The zero-order valence-corrected chi connectivity index (χ0v) is 11.5. The molecule has 1 aliphatic carbocycles. The first-order valence-corrected chi connectivity index (χ1v) is 7.39. The van der Waals surface area contributed by atoms with Crippen LogP contribution in [0.4, 0.5) is 0 Å². The highest BCUT2D eigenvalue weighted by Crippen LogP contribution is 2.32. The van der Waals surface area contributed by atoms with Crippen molar-refractivity contribution in [3.8, 4) is 0 Å². The molecular weight excluding hydrogens is 288 g/mol. The summed E-state index contributed by atoms with van der Waals surface area (Å²) in [5.74, 6) is -2.19. The maximum atomic E-state index is 11.9. The Labute approximate surface area is 115 Å². The molecule has 1 amide bonds. The second-order valence-corrected chi connectivity index (χ2v) is 6.30. The van der Waals surface area contributed by atoms with Crippen LogP contribution in [0.1, 0.15) is 35.6 Å². The maximum Gasteiger partial charge on any atom is 0.329 e. The number of carboxylic acids is 1. The predicted molar refractivity (Wildman–Crippen MR) is 66.5 cm³/mol. The van der Waals surface area contributed by atoms with Gasteiger partial charge in [0.25, 0.3) is 5.91 Å². The predicted octanol–water partition coefficient (Wildman–Crippen LogP) is -0.0275. The van der Waals surface area contributed by atoms with E-state index in [2.05, 4.69) is 5.32 Å². The number of primary sulfonamides is 1. The van der Waals surface area contributed by atoms with Gasteiger partial charge in [0.1, 0.15) is 16.2 Å². The molecule has 0 atom stereocenters. The van der Waals surface area contributed by atoms with Crippen molar-refractivity contribution >= 4 is 21.9 Å². The normalized spacial score (nSPS) is 17.3. The van der Waals surface area contributed by atoms with Crippen LogP contribution in [-0.4, -0.2) is 30.9 Å². The summed E-state index contributed by atoms with van der Waals surface area (Å²) in [4.78, 5) is 22.8. The van der Waals surface area contributed by atoms with Crippen molar-refractivity contribution in [2.24, 2.45) is 5.14 Å². The molecule has 0 aromatic carbocycles. The van der Waals surface area contributed by atoms with Crippen LogP contribution < -0.4 is 10.5 Å². The van der Waals surface area contributed by atoms with E-state index >= 15 is 0 Å². The molecule has 1 aromatic heterocycles. The van der Waals surface area contributed by atoms with Gasteiger partial charge in [0.2, 0.25) is 10.0 Å². The molecule has 8 nitrogen and oxygen atoms in total. The average Bonchev–Trinajstić information content (AvgIpc) is 2.64. The summed E-state index contributed by atoms with van der Waals surface area (Å²) in [7, 11) is -3.99. The Kier molecular flexibility index (Phi) is 3.34. The van der Waals surface area contributed by atoms with Crippen LogP contribution in [0.2, 0.25) is 0 Å². The Hall–Kier alpha value is -1.87. The number of amides is 1. The Morgan fingerprint density at radius 2 is 2.05 bits per heavy atom. The van der Waals surface area contributed by atoms with E-state index in [4.69, 9.17) is 14.7 Å². The minimum absolute atomic E-state index is 0.0179. The number of rotatable bonds is 4. The average molecular weight is 302 g/mol. The van der Waals surface area contributed by atoms with E-state index in [1.807, 2.05) is 0 Å². The first-order chi connectivity index (χ1) is 9.16. The third-order valence-corrected chi connectivity index (χ3v) is 4.39. The standard InChI is InChI=1S/C11H14N2O6S/c1-6-8(20(12,17)18)5-7(19-6)9(14)13-11(10(15)16)3-2-4-11/h5H,2-4H2,1H3,(H,13,14)(H,15,16)(H2,12,17,18). The minimum atomic E-state index is -3.99. The van der Waals surface area contributed by atoms with Crippen LogP contribution in [0, 0.1) is 6.92 Å². The number of hydrogen-bond donors (Lipinski definition) is 3. The van der Waals surface area contributed by atoms with Gasteiger partial charge in [0.05, 0.1) is 0 Å². The largest absolute Gasteiger partial charge is 0.480 e. The van der Waals surface area contributed by atoms with Crippen molar-refractivity contribution in [3.05, 3.63) is 17.6 Å². The number of nitrogens with two attached hydrogens (primary N) is 1. The Balaban J connectivity index is 2.25. The number of furan rings is 1. The number of sulfonamides is 1. The van der Waals surface area contributed by atoms with Crippen LogP contribution in [0.3, 0.4) is 0 Å². The van der Waals surface area contributed by atoms with Crippen LogP contribution in [-0.2, 0) is 14.8 Å². The second-order valence-electron chi connectivity index (χ2n) is 4.77. The lowest BCUT2D eigenvalue weighted by Gasteiger charge is -2.37. The highest BCUT2D eigenvalue weighted by atomic mass is 32.2. The number of carbonyl (C=O) groups excluding carboxylic acids is 1. The molecule has 4 N–H and O–H groups in total. The van der Waals surface area contributed by atoms with E-state index in [1.165, 1.54) is 6.92 Å². The van der Waals surface area contributed by atoms with Crippen molar-refractivity contribution in [2.45, 2.75) is 36.6 Å². The number of carbonyl (C=O) groups is 2. The van der Waals surface area contributed by atoms with Gasteiger partial charge in [-0.15, -0.1) is 0 Å². The first kappa shape index (κ1) is 14.5. The topological polar surface area (TPSA) is 140 Å². The molecule has 0 bridgehead atoms. The summed E-state index contributed by atoms with van der Waals surface area (Å²) >= 11 is 0. The summed E-state index contributed by atoms with van der Waals surface area (Å²) in [5.41, 5.74) is -1.29. The molecule has 1 fully saturated rings. The van der Waals surface area contributed by atoms with E-state index in [1.54, 1.807) is 0 Å². The molecule has 0 radical (unpaired) electrons. The van der Waals surface area contributed by atoms with Gasteiger partial charge >= 0.3 is 5.97 Å². The maximum absolute atomic E-state index is 11.9. The number of aliphatic carboxylic acids is 1. The fourth-order valence-corrected chi connectivity index (χ4v) is 2.77. The second kappa shape index (κ2) is 4.60. The number of nitrogens with one attached hydrogen (secondary N) is 1. The van der Waals surface area contributed by atoms with Crippen LogP contribution >= 0.6 is 0 Å². The van der Waals surface area contributed by atoms with Gasteiger partial charge in [-0.05, 0) is 26.2 Å². The van der Waals surface area contributed by atoms with Crippen LogP contribution in [0.25, 0.3) is 0 Å². The van der Waals surface area contributed by atoms with Crippen LogP contribution in [0.5, 0.6) is 0 Å². The number of hydrogen-bond acceptors (Lipinski definition) is 5. The summed E-state index contributed by atoms with van der Waals surface area (Å²) in [5, 5.41) is 16.4. The summed E-state index contributed by atoms with van der Waals surface area (Å²) in [6, 6.07) is 0.994. The number of carboxylic acid groups (broad SMARTS) is 1. The zero-order chi connectivity index (χ0) is 15.1. The molecule has 110 valence electrons. The van der Waals surface area contributed by atoms with E-state index in [9.17, 15) is 18.0 Å². The highest BCUT2D eigenvalue weighted by molar-refractivity contribution is 7.89. The van der Waals surface area contributed by atoms with E-state index < -0.39 is 27.4 Å². The highest BCUT2D eigenvalue weighted by Gasteiger charge is 2.46. The molecule has 20 heavy (non-hydrogen) atoms. The Morgan fingerprint density at radius 3 is 2.40 bits per heavy atom. The van der Waals surface area contributed by atoms with E-state index in [0.717, 1.165) is 6.07 Å². The Bertz CT molecular complexity index is 671. The van der Waals surface area contributed by atoms with Crippen LogP contribution in [0.15, 0.2) is 15.4 Å². The van der Waals surface area contributed by atoms with Gasteiger partial charge in [-0.1, -0.05) is 0 Å². The van der Waals surface area contributed by atoms with Gasteiger partial charge in [-0.3, -0.25) is 4.79 Å². The minimum Gasteiger partial charge on any atom is -0.480 e. The fourth-order valence-electron chi connectivity index (χ4n) is 2.06. The van der Waals surface area contributed by atoms with E-state index in [-0.39, 0.29) is 16.4 Å². The molecule has 1 heterocycles. The SMILES string of the molecule is Cc1oc(C(=O)NC2(C(=O)O)CCC2)cc1S(N)(=O)=O. The van der Waals surface area contributed by atoms with Gasteiger partial charge in [0.15, 0.2) is 5.76 Å². The van der Waals surface area contributed by atoms with E-state index in [0.29, 0.717) is 19.3 Å². The smallest absolute Gasteiger partial charge is 0.329 e.